The molecule has 2 atom stereocenters. The number of aryl methyl sites for hydroxylation is 2. The smallest absolute Gasteiger partial charge is 0.223 e. The van der Waals surface area contributed by atoms with Gasteiger partial charge in [0.2, 0.25) is 16.9 Å². The Morgan fingerprint density at radius 1 is 1.00 bits per heavy atom. The van der Waals surface area contributed by atoms with Crippen molar-refractivity contribution in [3.8, 4) is 0 Å². The SMILES string of the molecule is CC(C)C[C@@H]1CN(C(=O)CCc2ccc(Cl)cc2Cl)C(CCCNc2nncs2)CN1C(=O)CCc1ccccc1. The minimum atomic E-state index is -0.0523. The van der Waals surface area contributed by atoms with Crippen molar-refractivity contribution in [2.24, 2.45) is 5.92 Å². The van der Waals surface area contributed by atoms with E-state index in [4.69, 9.17) is 23.2 Å². The Labute approximate surface area is 257 Å². The van der Waals surface area contributed by atoms with Crippen LogP contribution in [-0.2, 0) is 22.4 Å². The van der Waals surface area contributed by atoms with Crippen molar-refractivity contribution < 1.29 is 9.59 Å². The molecule has 0 spiro atoms. The maximum atomic E-state index is 13.7. The first-order chi connectivity index (χ1) is 19.8. The van der Waals surface area contributed by atoms with Gasteiger partial charge in [-0.1, -0.05) is 84.8 Å². The van der Waals surface area contributed by atoms with E-state index < -0.39 is 0 Å². The number of hydrogen-bond donors (Lipinski definition) is 1. The van der Waals surface area contributed by atoms with Crippen LogP contribution < -0.4 is 5.32 Å². The summed E-state index contributed by atoms with van der Waals surface area (Å²) in [6, 6.07) is 15.5. The molecule has 7 nitrogen and oxygen atoms in total. The number of carbonyl (C=O) groups excluding carboxylic acids is 2. The van der Waals surface area contributed by atoms with Crippen LogP contribution in [0, 0.1) is 5.92 Å². The molecule has 0 saturated carbocycles. The molecule has 2 aromatic carbocycles. The summed E-state index contributed by atoms with van der Waals surface area (Å²) < 4.78 is 0. The molecule has 0 radical (unpaired) electrons. The topological polar surface area (TPSA) is 78.4 Å². The van der Waals surface area contributed by atoms with Crippen molar-refractivity contribution in [2.45, 2.75) is 70.9 Å². The van der Waals surface area contributed by atoms with Gasteiger partial charge in [0.05, 0.1) is 0 Å². The number of amides is 2. The molecular weight excluding hydrogens is 577 g/mol. The number of rotatable bonds is 13. The van der Waals surface area contributed by atoms with E-state index >= 15 is 0 Å². The van der Waals surface area contributed by atoms with Crippen LogP contribution in [0.25, 0.3) is 0 Å². The van der Waals surface area contributed by atoms with Gasteiger partial charge in [0.15, 0.2) is 0 Å². The van der Waals surface area contributed by atoms with E-state index in [0.717, 1.165) is 42.1 Å². The molecule has 0 bridgehead atoms. The van der Waals surface area contributed by atoms with E-state index in [1.54, 1.807) is 17.6 Å². The Bertz CT molecular complexity index is 1260. The van der Waals surface area contributed by atoms with E-state index in [1.165, 1.54) is 11.3 Å². The average molecular weight is 617 g/mol. The molecule has 220 valence electrons. The van der Waals surface area contributed by atoms with Gasteiger partial charge in [-0.25, -0.2) is 0 Å². The van der Waals surface area contributed by atoms with Gasteiger partial charge >= 0.3 is 0 Å². The highest BCUT2D eigenvalue weighted by molar-refractivity contribution is 7.13. The molecular formula is C31H39Cl2N5O2S. The fraction of sp³-hybridized carbons (Fsp3) is 0.484. The summed E-state index contributed by atoms with van der Waals surface area (Å²) in [5, 5.41) is 13.2. The molecule has 1 unspecified atom stereocenters. The van der Waals surface area contributed by atoms with Crippen molar-refractivity contribution in [1.29, 1.82) is 0 Å². The first-order valence-corrected chi connectivity index (χ1v) is 16.0. The third-order valence-electron chi connectivity index (χ3n) is 7.52. The highest BCUT2D eigenvalue weighted by Gasteiger charge is 2.38. The quantitative estimate of drug-likeness (QED) is 0.215. The molecule has 1 saturated heterocycles. The number of halogens is 2. The van der Waals surface area contributed by atoms with Crippen molar-refractivity contribution in [1.82, 2.24) is 20.0 Å². The summed E-state index contributed by atoms with van der Waals surface area (Å²) in [6.07, 6.45) is 4.57. The lowest BCUT2D eigenvalue weighted by molar-refractivity contribution is -0.147. The second kappa shape index (κ2) is 15.5. The zero-order chi connectivity index (χ0) is 29.2. The maximum absolute atomic E-state index is 13.7. The Hall–Kier alpha value is -2.68. The standard InChI is InChI=1S/C31H39Cl2N5O2S/c1-22(2)17-27-20-37(30(40)15-12-24-11-13-25(32)18-28(24)33)26(9-6-16-34-31-36-35-21-41-31)19-38(27)29(39)14-10-23-7-4-3-5-8-23/h3-5,7-8,11,13,18,21-22,26-27H,6,9-10,12,14-17,19-20H2,1-2H3,(H,34,36)/t26?,27-/m1/s1. The number of nitrogens with one attached hydrogen (secondary N) is 1. The van der Waals surface area contributed by atoms with E-state index in [2.05, 4.69) is 46.4 Å². The molecule has 10 heteroatoms. The van der Waals surface area contributed by atoms with Crippen molar-refractivity contribution in [3.05, 3.63) is 75.2 Å². The molecule has 4 rings (SSSR count). The van der Waals surface area contributed by atoms with E-state index in [0.29, 0.717) is 54.7 Å². The molecule has 1 fully saturated rings. The largest absolute Gasteiger partial charge is 0.360 e. The van der Waals surface area contributed by atoms with Gasteiger partial charge in [0.1, 0.15) is 5.51 Å². The predicted molar refractivity (Wildman–Crippen MR) is 168 cm³/mol. The zero-order valence-electron chi connectivity index (χ0n) is 23.8. The van der Waals surface area contributed by atoms with Crippen LogP contribution in [0.5, 0.6) is 0 Å². The van der Waals surface area contributed by atoms with E-state index in [1.807, 2.05) is 29.2 Å². The first-order valence-electron chi connectivity index (χ1n) is 14.4. The van der Waals surface area contributed by atoms with Crippen LogP contribution in [0.15, 0.2) is 54.0 Å². The fourth-order valence-corrected chi connectivity index (χ4v) is 6.46. The number of hydrogen-bond acceptors (Lipinski definition) is 6. The van der Waals surface area contributed by atoms with Crippen LogP contribution in [0.3, 0.4) is 0 Å². The maximum Gasteiger partial charge on any atom is 0.223 e. The lowest BCUT2D eigenvalue weighted by atomic mass is 9.94. The highest BCUT2D eigenvalue weighted by atomic mass is 35.5. The lowest BCUT2D eigenvalue weighted by Gasteiger charge is -2.47. The van der Waals surface area contributed by atoms with Crippen LogP contribution in [0.1, 0.15) is 57.1 Å². The third kappa shape index (κ3) is 9.42. The van der Waals surface area contributed by atoms with E-state index in [-0.39, 0.29) is 23.9 Å². The summed E-state index contributed by atoms with van der Waals surface area (Å²) in [5.41, 5.74) is 3.77. The van der Waals surface area contributed by atoms with Gasteiger partial charge in [-0.2, -0.15) is 0 Å². The van der Waals surface area contributed by atoms with Gasteiger partial charge < -0.3 is 15.1 Å². The Kier molecular flexibility index (Phi) is 11.8. The average Bonchev–Trinajstić information content (AvgIpc) is 3.47. The van der Waals surface area contributed by atoms with E-state index in [9.17, 15) is 9.59 Å². The van der Waals surface area contributed by atoms with Crippen LogP contribution in [-0.4, -0.2) is 63.5 Å². The number of anilines is 1. The molecule has 3 aromatic rings. The highest BCUT2D eigenvalue weighted by Crippen LogP contribution is 2.27. The first kappa shape index (κ1) is 31.3. The minimum absolute atomic E-state index is 0.00267. The summed E-state index contributed by atoms with van der Waals surface area (Å²) in [6.45, 7) is 6.18. The lowest BCUT2D eigenvalue weighted by Crippen LogP contribution is -2.61. The number of carbonyl (C=O) groups is 2. The van der Waals surface area contributed by atoms with Crippen LogP contribution >= 0.6 is 34.5 Å². The molecule has 0 aliphatic carbocycles. The third-order valence-corrected chi connectivity index (χ3v) is 8.76. The van der Waals surface area contributed by atoms with Gasteiger partial charge in [-0.05, 0) is 61.3 Å². The normalized spacial score (nSPS) is 17.2. The molecule has 2 heterocycles. The van der Waals surface area contributed by atoms with Gasteiger partial charge in [-0.15, -0.1) is 10.2 Å². The van der Waals surface area contributed by atoms with Crippen molar-refractivity contribution in [2.75, 3.05) is 25.0 Å². The van der Waals surface area contributed by atoms with Crippen molar-refractivity contribution in [3.63, 3.8) is 0 Å². The molecule has 1 aliphatic heterocycles. The second-order valence-electron chi connectivity index (χ2n) is 11.1. The minimum Gasteiger partial charge on any atom is -0.360 e. The number of aromatic nitrogens is 2. The molecule has 2 amide bonds. The fourth-order valence-electron chi connectivity index (χ4n) is 5.49. The second-order valence-corrected chi connectivity index (χ2v) is 12.7. The number of piperazine rings is 1. The zero-order valence-corrected chi connectivity index (χ0v) is 26.1. The summed E-state index contributed by atoms with van der Waals surface area (Å²) >= 11 is 13.9. The number of nitrogens with zero attached hydrogens (tertiary/aromatic N) is 4. The summed E-state index contributed by atoms with van der Waals surface area (Å²) in [5.74, 6) is 0.668. The predicted octanol–water partition coefficient (Wildman–Crippen LogP) is 6.76. The molecule has 1 N–H and O–H groups in total. The monoisotopic (exact) mass is 615 g/mol. The molecule has 41 heavy (non-hydrogen) atoms. The van der Waals surface area contributed by atoms with Gasteiger partial charge in [0, 0.05) is 54.6 Å². The van der Waals surface area contributed by atoms with Gasteiger partial charge in [-0.3, -0.25) is 9.59 Å². The van der Waals surface area contributed by atoms with Crippen LogP contribution in [0.4, 0.5) is 5.13 Å². The molecule has 1 aliphatic rings. The number of benzene rings is 2. The summed E-state index contributed by atoms with van der Waals surface area (Å²) in [4.78, 5) is 31.4. The Morgan fingerprint density at radius 3 is 2.39 bits per heavy atom. The Balaban J connectivity index is 1.46. The Morgan fingerprint density at radius 2 is 1.71 bits per heavy atom. The van der Waals surface area contributed by atoms with Crippen LogP contribution in [0.2, 0.25) is 10.0 Å². The summed E-state index contributed by atoms with van der Waals surface area (Å²) in [7, 11) is 0. The molecule has 1 aromatic heterocycles. The van der Waals surface area contributed by atoms with Crippen molar-refractivity contribution >= 4 is 51.5 Å². The van der Waals surface area contributed by atoms with Gasteiger partial charge in [0.25, 0.3) is 0 Å².